The number of nitrogens with zero attached hydrogens (tertiary/aromatic N) is 3. The molecule has 2 aromatic carbocycles. The van der Waals surface area contributed by atoms with Gasteiger partial charge in [-0.25, -0.2) is 14.8 Å². The predicted molar refractivity (Wildman–Crippen MR) is 179 cm³/mol. The molecular weight excluding hydrogens is 622 g/mol. The molecule has 0 bridgehead atoms. The Kier molecular flexibility index (Phi) is 9.46. The lowest BCUT2D eigenvalue weighted by Gasteiger charge is -2.47. The van der Waals surface area contributed by atoms with Crippen molar-refractivity contribution in [1.82, 2.24) is 9.97 Å². The SMILES string of the molecule is C[C@H](CO[C@@H]1CCO[C@@H]([C@@H]2CC[C@H]2CN2CC3(CCCc4cc(Cl)ccc43)COc3ccc(C(=O)O)cc32)C1)Sc1ncccn1. The number of benzene rings is 2. The molecule has 3 heterocycles. The Morgan fingerprint density at radius 3 is 2.87 bits per heavy atom. The Morgan fingerprint density at radius 1 is 1.20 bits per heavy atom. The van der Waals surface area contributed by atoms with Crippen LogP contribution in [-0.2, 0) is 21.3 Å². The number of carbonyl (C=O) groups is 1. The van der Waals surface area contributed by atoms with Gasteiger partial charge < -0.3 is 24.2 Å². The van der Waals surface area contributed by atoms with Gasteiger partial charge in [0.05, 0.1) is 36.7 Å². The summed E-state index contributed by atoms with van der Waals surface area (Å²) >= 11 is 8.07. The summed E-state index contributed by atoms with van der Waals surface area (Å²) in [6.07, 6.45) is 11.1. The second kappa shape index (κ2) is 13.7. The number of aromatic carboxylic acids is 1. The van der Waals surface area contributed by atoms with Gasteiger partial charge in [-0.1, -0.05) is 36.4 Å². The van der Waals surface area contributed by atoms with E-state index in [1.165, 1.54) is 11.1 Å². The average molecular weight is 664 g/mol. The summed E-state index contributed by atoms with van der Waals surface area (Å²) in [6, 6.07) is 13.4. The summed E-state index contributed by atoms with van der Waals surface area (Å²) in [5.74, 6) is 0.721. The number of thioether (sulfide) groups is 1. The zero-order valence-electron chi connectivity index (χ0n) is 26.3. The van der Waals surface area contributed by atoms with Crippen molar-refractivity contribution in [1.29, 1.82) is 0 Å². The van der Waals surface area contributed by atoms with Crippen LogP contribution in [0, 0.1) is 11.8 Å². The Hall–Kier alpha value is -2.85. The largest absolute Gasteiger partial charge is 0.490 e. The number of halogens is 1. The molecule has 2 aliphatic carbocycles. The molecular formula is C36H42ClN3O5S. The van der Waals surface area contributed by atoms with E-state index in [0.717, 1.165) is 79.7 Å². The van der Waals surface area contributed by atoms with Crippen LogP contribution in [0.2, 0.25) is 5.02 Å². The minimum absolute atomic E-state index is 0.164. The summed E-state index contributed by atoms with van der Waals surface area (Å²) in [7, 11) is 0. The van der Waals surface area contributed by atoms with Crippen molar-refractivity contribution < 1.29 is 24.1 Å². The van der Waals surface area contributed by atoms with Gasteiger partial charge in [-0.2, -0.15) is 0 Å². The van der Waals surface area contributed by atoms with Crippen molar-refractivity contribution in [3.05, 3.63) is 76.6 Å². The van der Waals surface area contributed by atoms with E-state index in [4.69, 9.17) is 25.8 Å². The molecule has 6 atom stereocenters. The molecule has 3 aromatic rings. The molecule has 0 radical (unpaired) electrons. The summed E-state index contributed by atoms with van der Waals surface area (Å²) in [5, 5.41) is 11.7. The van der Waals surface area contributed by atoms with Gasteiger partial charge in [0.25, 0.3) is 0 Å². The number of aromatic nitrogens is 2. The van der Waals surface area contributed by atoms with Gasteiger partial charge in [0.2, 0.25) is 0 Å². The monoisotopic (exact) mass is 663 g/mol. The molecule has 1 N–H and O–H groups in total. The van der Waals surface area contributed by atoms with E-state index in [9.17, 15) is 9.90 Å². The molecule has 2 aliphatic heterocycles. The summed E-state index contributed by atoms with van der Waals surface area (Å²) < 4.78 is 19.4. The zero-order valence-corrected chi connectivity index (χ0v) is 27.8. The highest BCUT2D eigenvalue weighted by molar-refractivity contribution is 7.99. The zero-order chi connectivity index (χ0) is 31.7. The maximum Gasteiger partial charge on any atom is 0.335 e. The molecule has 244 valence electrons. The molecule has 1 spiro atoms. The van der Waals surface area contributed by atoms with Gasteiger partial charge in [-0.15, -0.1) is 0 Å². The van der Waals surface area contributed by atoms with Crippen molar-refractivity contribution in [2.24, 2.45) is 11.8 Å². The highest BCUT2D eigenvalue weighted by atomic mass is 35.5. The topological polar surface area (TPSA) is 94.0 Å². The van der Waals surface area contributed by atoms with Gasteiger partial charge in [-0.3, -0.25) is 0 Å². The quantitative estimate of drug-likeness (QED) is 0.191. The smallest absolute Gasteiger partial charge is 0.335 e. The van der Waals surface area contributed by atoms with Crippen molar-refractivity contribution in [3.8, 4) is 5.75 Å². The van der Waals surface area contributed by atoms with Gasteiger partial charge >= 0.3 is 5.97 Å². The van der Waals surface area contributed by atoms with Crippen LogP contribution in [0.4, 0.5) is 5.69 Å². The highest BCUT2D eigenvalue weighted by Crippen LogP contribution is 2.47. The van der Waals surface area contributed by atoms with Crippen LogP contribution in [0.5, 0.6) is 5.75 Å². The molecule has 4 aliphatic rings. The van der Waals surface area contributed by atoms with Crippen molar-refractivity contribution >= 4 is 35.0 Å². The molecule has 8 nitrogen and oxygen atoms in total. The fourth-order valence-corrected chi connectivity index (χ4v) is 8.86. The molecule has 1 unspecified atom stereocenters. The maximum atomic E-state index is 12.0. The van der Waals surface area contributed by atoms with E-state index in [1.807, 2.05) is 18.2 Å². The number of anilines is 1. The Morgan fingerprint density at radius 2 is 2.07 bits per heavy atom. The number of rotatable bonds is 9. The molecule has 0 amide bonds. The lowest BCUT2D eigenvalue weighted by molar-refractivity contribution is -0.116. The summed E-state index contributed by atoms with van der Waals surface area (Å²) in [6.45, 7) is 5.70. The summed E-state index contributed by atoms with van der Waals surface area (Å²) in [5.41, 5.74) is 3.58. The molecule has 1 saturated carbocycles. The van der Waals surface area contributed by atoms with E-state index in [0.29, 0.717) is 31.7 Å². The van der Waals surface area contributed by atoms with Crippen LogP contribution < -0.4 is 9.64 Å². The third kappa shape index (κ3) is 6.75. The van der Waals surface area contributed by atoms with Gasteiger partial charge in [0.1, 0.15) is 5.75 Å². The first-order chi connectivity index (χ1) is 22.4. The van der Waals surface area contributed by atoms with Crippen molar-refractivity contribution in [2.45, 2.75) is 79.9 Å². The number of ether oxygens (including phenoxy) is 3. The number of hydrogen-bond acceptors (Lipinski definition) is 8. The molecule has 7 rings (SSSR count). The standard InChI is InChI=1S/C36H42ClN3O5S/c1-23(46-35-38-13-3-14-39-35)20-44-28-11-15-43-33(18-28)29-8-5-26(29)19-40-21-36(12-2-4-24-16-27(37)7-9-30(24)36)22-45-32-10-6-25(34(41)42)17-31(32)40/h3,6-7,9-10,13-14,16-17,23,26,28-29,33H,2,4-5,8,11-12,15,18-22H2,1H3,(H,41,42)/t23-,26+,28-,29-,33-,36?/m1/s1. The minimum Gasteiger partial charge on any atom is -0.490 e. The molecule has 10 heteroatoms. The van der Waals surface area contributed by atoms with Crippen LogP contribution >= 0.6 is 23.4 Å². The van der Waals surface area contributed by atoms with Gasteiger partial charge in [0.15, 0.2) is 5.16 Å². The second-order valence-electron chi connectivity index (χ2n) is 13.4. The fraction of sp³-hybridized carbons (Fsp3) is 0.528. The first-order valence-electron chi connectivity index (χ1n) is 16.6. The normalized spacial score (nSPS) is 27.9. The van der Waals surface area contributed by atoms with E-state index in [1.54, 1.807) is 36.3 Å². The third-order valence-corrected chi connectivity index (χ3v) is 11.6. The molecule has 46 heavy (non-hydrogen) atoms. The van der Waals surface area contributed by atoms with Crippen molar-refractivity contribution in [2.75, 3.05) is 37.8 Å². The highest BCUT2D eigenvalue weighted by Gasteiger charge is 2.45. The maximum absolute atomic E-state index is 12.0. The van der Waals surface area contributed by atoms with E-state index in [-0.39, 0.29) is 28.4 Å². The number of hydrogen-bond donors (Lipinski definition) is 1. The van der Waals surface area contributed by atoms with Crippen LogP contribution in [0.15, 0.2) is 60.0 Å². The predicted octanol–water partition coefficient (Wildman–Crippen LogP) is 7.07. The summed E-state index contributed by atoms with van der Waals surface area (Å²) in [4.78, 5) is 23.1. The van der Waals surface area contributed by atoms with Crippen LogP contribution in [-0.4, -0.2) is 71.4 Å². The van der Waals surface area contributed by atoms with E-state index >= 15 is 0 Å². The first kappa shape index (κ1) is 31.7. The van der Waals surface area contributed by atoms with Crippen LogP contribution in [0.3, 0.4) is 0 Å². The van der Waals surface area contributed by atoms with Crippen molar-refractivity contribution in [3.63, 3.8) is 0 Å². The Balaban J connectivity index is 1.06. The molecule has 1 aromatic heterocycles. The number of aryl methyl sites for hydroxylation is 1. The minimum atomic E-state index is -0.924. The number of carboxylic acid groups (broad SMARTS) is 1. The number of carboxylic acids is 1. The molecule has 2 fully saturated rings. The van der Waals surface area contributed by atoms with Gasteiger partial charge in [-0.05, 0) is 97.9 Å². The third-order valence-electron chi connectivity index (χ3n) is 10.4. The lowest BCUT2D eigenvalue weighted by Crippen LogP contribution is -2.50. The lowest BCUT2D eigenvalue weighted by atomic mass is 9.67. The Labute approximate surface area is 280 Å². The number of fused-ring (bicyclic) bond motifs is 3. The molecule has 1 saturated heterocycles. The van der Waals surface area contributed by atoms with E-state index in [2.05, 4.69) is 33.9 Å². The van der Waals surface area contributed by atoms with Crippen LogP contribution in [0.1, 0.15) is 66.9 Å². The van der Waals surface area contributed by atoms with Gasteiger partial charge in [0, 0.05) is 54.2 Å². The van der Waals surface area contributed by atoms with E-state index < -0.39 is 5.97 Å². The average Bonchev–Trinajstić information content (AvgIpc) is 3.19. The second-order valence-corrected chi connectivity index (χ2v) is 15.3. The fourth-order valence-electron chi connectivity index (χ4n) is 7.92. The van der Waals surface area contributed by atoms with Crippen LogP contribution in [0.25, 0.3) is 0 Å². The first-order valence-corrected chi connectivity index (χ1v) is 17.8. The Bertz CT molecular complexity index is 1550.